The first kappa shape index (κ1) is 9.58. The number of nitrogen functional groups attached to an aromatic ring is 1. The van der Waals surface area contributed by atoms with E-state index < -0.39 is 0 Å². The maximum absolute atomic E-state index is 5.90. The maximum Gasteiger partial charge on any atom is 0.139 e. The van der Waals surface area contributed by atoms with Gasteiger partial charge in [-0.15, -0.1) is 0 Å². The van der Waals surface area contributed by atoms with Crippen molar-refractivity contribution < 1.29 is 4.74 Å². The van der Waals surface area contributed by atoms with Gasteiger partial charge in [-0.3, -0.25) is 0 Å². The number of nitrogens with two attached hydrogens (primary N) is 1. The molecule has 0 radical (unpaired) electrons. The van der Waals surface area contributed by atoms with Crippen LogP contribution in [-0.2, 0) is 0 Å². The number of anilines is 1. The second-order valence-electron chi connectivity index (χ2n) is 3.37. The van der Waals surface area contributed by atoms with Crippen molar-refractivity contribution in [2.24, 2.45) is 0 Å². The van der Waals surface area contributed by atoms with E-state index in [1.54, 1.807) is 19.4 Å². The molecular formula is C11H13N3O. The zero-order chi connectivity index (χ0) is 10.8. The van der Waals surface area contributed by atoms with Crippen LogP contribution < -0.4 is 10.5 Å². The van der Waals surface area contributed by atoms with Crippen molar-refractivity contribution in [1.29, 1.82) is 0 Å². The smallest absolute Gasteiger partial charge is 0.139 e. The van der Waals surface area contributed by atoms with Gasteiger partial charge in [-0.2, -0.15) is 0 Å². The molecule has 15 heavy (non-hydrogen) atoms. The number of aromatic amines is 1. The molecule has 0 aliphatic carbocycles. The third-order valence-corrected chi connectivity index (χ3v) is 2.22. The lowest BCUT2D eigenvalue weighted by molar-refractivity contribution is 0.415. The summed E-state index contributed by atoms with van der Waals surface area (Å²) in [4.78, 5) is 7.36. The molecule has 1 aromatic carbocycles. The van der Waals surface area contributed by atoms with Crippen LogP contribution in [0.25, 0.3) is 11.4 Å². The molecule has 1 aromatic heterocycles. The molecule has 0 spiro atoms. The largest absolute Gasteiger partial charge is 0.497 e. The summed E-state index contributed by atoms with van der Waals surface area (Å²) < 4.78 is 5.08. The lowest BCUT2D eigenvalue weighted by Crippen LogP contribution is -1.93. The highest BCUT2D eigenvalue weighted by atomic mass is 16.5. The van der Waals surface area contributed by atoms with E-state index in [1.807, 2.05) is 19.1 Å². The monoisotopic (exact) mass is 203 g/mol. The van der Waals surface area contributed by atoms with Crippen molar-refractivity contribution in [3.8, 4) is 17.1 Å². The van der Waals surface area contributed by atoms with Crippen LogP contribution in [0.2, 0.25) is 0 Å². The molecule has 2 aromatic rings. The summed E-state index contributed by atoms with van der Waals surface area (Å²) >= 11 is 0. The predicted molar refractivity (Wildman–Crippen MR) is 59.7 cm³/mol. The topological polar surface area (TPSA) is 63.9 Å². The molecule has 4 nitrogen and oxygen atoms in total. The van der Waals surface area contributed by atoms with Gasteiger partial charge >= 0.3 is 0 Å². The van der Waals surface area contributed by atoms with E-state index in [4.69, 9.17) is 10.5 Å². The van der Waals surface area contributed by atoms with Crippen LogP contribution >= 0.6 is 0 Å². The average molecular weight is 203 g/mol. The zero-order valence-corrected chi connectivity index (χ0v) is 8.74. The van der Waals surface area contributed by atoms with Gasteiger partial charge < -0.3 is 15.5 Å². The maximum atomic E-state index is 5.90. The molecule has 1 heterocycles. The molecule has 0 atom stereocenters. The molecule has 4 heteroatoms. The molecule has 2 rings (SSSR count). The number of aryl methyl sites for hydroxylation is 1. The molecule has 0 saturated carbocycles. The summed E-state index contributed by atoms with van der Waals surface area (Å²) in [6.45, 7) is 1.95. The third-order valence-electron chi connectivity index (χ3n) is 2.22. The van der Waals surface area contributed by atoms with Crippen LogP contribution in [-0.4, -0.2) is 17.1 Å². The van der Waals surface area contributed by atoms with Crippen LogP contribution in [0, 0.1) is 6.92 Å². The van der Waals surface area contributed by atoms with Crippen molar-refractivity contribution in [3.63, 3.8) is 0 Å². The van der Waals surface area contributed by atoms with E-state index in [2.05, 4.69) is 9.97 Å². The van der Waals surface area contributed by atoms with Crippen molar-refractivity contribution >= 4 is 5.69 Å². The minimum absolute atomic E-state index is 0.656. The van der Waals surface area contributed by atoms with E-state index in [9.17, 15) is 0 Å². The van der Waals surface area contributed by atoms with E-state index in [0.29, 0.717) is 5.69 Å². The molecule has 0 unspecified atom stereocenters. The van der Waals surface area contributed by atoms with Gasteiger partial charge in [0.05, 0.1) is 7.11 Å². The number of benzene rings is 1. The second kappa shape index (κ2) is 3.65. The second-order valence-corrected chi connectivity index (χ2v) is 3.37. The number of imidazole rings is 1. The Labute approximate surface area is 88.1 Å². The average Bonchev–Trinajstić information content (AvgIpc) is 2.64. The van der Waals surface area contributed by atoms with Gasteiger partial charge in [0.25, 0.3) is 0 Å². The number of aromatic nitrogens is 2. The highest BCUT2D eigenvalue weighted by Gasteiger charge is 2.06. The van der Waals surface area contributed by atoms with Crippen molar-refractivity contribution in [2.45, 2.75) is 6.92 Å². The van der Waals surface area contributed by atoms with Crippen LogP contribution in [0.3, 0.4) is 0 Å². The fourth-order valence-corrected chi connectivity index (χ4v) is 1.43. The number of nitrogens with one attached hydrogen (secondary N) is 1. The Kier molecular flexibility index (Phi) is 2.33. The minimum atomic E-state index is 0.656. The lowest BCUT2D eigenvalue weighted by Gasteiger charge is -2.05. The van der Waals surface area contributed by atoms with E-state index in [0.717, 1.165) is 22.8 Å². The molecule has 0 amide bonds. The fourth-order valence-electron chi connectivity index (χ4n) is 1.43. The molecule has 3 N–H and O–H groups in total. The van der Waals surface area contributed by atoms with Gasteiger partial charge in [0.1, 0.15) is 11.6 Å². The van der Waals surface area contributed by atoms with Crippen molar-refractivity contribution in [3.05, 3.63) is 30.1 Å². The Morgan fingerprint density at radius 2 is 2.20 bits per heavy atom. The molecule has 0 saturated heterocycles. The standard InChI is InChI=1S/C11H13N3O/c1-7-6-13-11(14-7)9-4-3-8(15-2)5-10(9)12/h3-6H,12H2,1-2H3,(H,13,14). The predicted octanol–water partition coefficient (Wildman–Crippen LogP) is 1.98. The number of hydrogen-bond acceptors (Lipinski definition) is 3. The van der Waals surface area contributed by atoms with Crippen molar-refractivity contribution in [1.82, 2.24) is 9.97 Å². The van der Waals surface area contributed by atoms with E-state index in [1.165, 1.54) is 0 Å². The fraction of sp³-hybridized carbons (Fsp3) is 0.182. The number of nitrogens with zero attached hydrogens (tertiary/aromatic N) is 1. The first-order valence-corrected chi connectivity index (χ1v) is 4.66. The summed E-state index contributed by atoms with van der Waals surface area (Å²) in [6.07, 6.45) is 1.78. The first-order chi connectivity index (χ1) is 7.20. The Morgan fingerprint density at radius 1 is 1.40 bits per heavy atom. The van der Waals surface area contributed by atoms with Gasteiger partial charge in [0, 0.05) is 29.2 Å². The van der Waals surface area contributed by atoms with Gasteiger partial charge in [-0.25, -0.2) is 4.98 Å². The molecule has 0 fully saturated rings. The van der Waals surface area contributed by atoms with Crippen LogP contribution in [0.5, 0.6) is 5.75 Å². The quantitative estimate of drug-likeness (QED) is 0.733. The molecule has 0 aliphatic rings. The summed E-state index contributed by atoms with van der Waals surface area (Å²) in [5, 5.41) is 0. The molecular weight excluding hydrogens is 190 g/mol. The summed E-state index contributed by atoms with van der Waals surface area (Å²) in [6, 6.07) is 5.54. The number of ether oxygens (including phenoxy) is 1. The number of rotatable bonds is 2. The number of methoxy groups -OCH3 is 1. The van der Waals surface area contributed by atoms with Crippen molar-refractivity contribution in [2.75, 3.05) is 12.8 Å². The Hall–Kier alpha value is -1.97. The van der Waals surface area contributed by atoms with Gasteiger partial charge in [0.15, 0.2) is 0 Å². The minimum Gasteiger partial charge on any atom is -0.497 e. The lowest BCUT2D eigenvalue weighted by atomic mass is 10.1. The van der Waals surface area contributed by atoms with Gasteiger partial charge in [-0.05, 0) is 19.1 Å². The van der Waals surface area contributed by atoms with E-state index in [-0.39, 0.29) is 0 Å². The highest BCUT2D eigenvalue weighted by Crippen LogP contribution is 2.26. The first-order valence-electron chi connectivity index (χ1n) is 4.66. The summed E-state index contributed by atoms with van der Waals surface area (Å²) in [5.41, 5.74) is 8.46. The third kappa shape index (κ3) is 1.79. The molecule has 0 bridgehead atoms. The van der Waals surface area contributed by atoms with E-state index >= 15 is 0 Å². The van der Waals surface area contributed by atoms with Crippen LogP contribution in [0.15, 0.2) is 24.4 Å². The summed E-state index contributed by atoms with van der Waals surface area (Å²) in [5.74, 6) is 1.53. The van der Waals surface area contributed by atoms with Gasteiger partial charge in [-0.1, -0.05) is 0 Å². The number of H-pyrrole nitrogens is 1. The molecule has 78 valence electrons. The molecule has 0 aliphatic heterocycles. The number of hydrogen-bond donors (Lipinski definition) is 2. The highest BCUT2D eigenvalue weighted by molar-refractivity contribution is 5.73. The Bertz CT molecular complexity index is 476. The Balaban J connectivity index is 2.45. The Morgan fingerprint density at radius 3 is 2.73 bits per heavy atom. The summed E-state index contributed by atoms with van der Waals surface area (Å²) in [7, 11) is 1.62. The zero-order valence-electron chi connectivity index (χ0n) is 8.74. The normalized spacial score (nSPS) is 10.3. The SMILES string of the molecule is COc1ccc(-c2ncc(C)[nH]2)c(N)c1. The van der Waals surface area contributed by atoms with Crippen LogP contribution in [0.4, 0.5) is 5.69 Å². The van der Waals surface area contributed by atoms with Gasteiger partial charge in [0.2, 0.25) is 0 Å². The van der Waals surface area contributed by atoms with Crippen LogP contribution in [0.1, 0.15) is 5.69 Å².